The zero-order valence-electron chi connectivity index (χ0n) is 18.4. The summed E-state index contributed by atoms with van der Waals surface area (Å²) in [5, 5.41) is 12.3. The number of fused-ring (bicyclic) bond motifs is 4. The van der Waals surface area contributed by atoms with Crippen molar-refractivity contribution in [1.29, 1.82) is 0 Å². The van der Waals surface area contributed by atoms with E-state index in [-0.39, 0.29) is 18.2 Å². The molecule has 0 radical (unpaired) electrons. The fraction of sp³-hybridized carbons (Fsp3) is 0.409. The topological polar surface area (TPSA) is 112 Å². The Balaban J connectivity index is 1.27. The molecule has 0 unspecified atom stereocenters. The molecule has 33 heavy (non-hydrogen) atoms. The molecule has 0 aromatic carbocycles. The minimum atomic E-state index is 0.0574. The van der Waals surface area contributed by atoms with Crippen LogP contribution in [0.25, 0.3) is 21.3 Å². The minimum Gasteiger partial charge on any atom is -0.372 e. The molecule has 1 fully saturated rings. The molecule has 1 saturated heterocycles. The Bertz CT molecular complexity index is 1340. The van der Waals surface area contributed by atoms with Crippen molar-refractivity contribution < 1.29 is 9.53 Å². The molecule has 2 aliphatic heterocycles. The average Bonchev–Trinajstić information content (AvgIpc) is 3.41. The highest BCUT2D eigenvalue weighted by molar-refractivity contribution is 7.19. The Morgan fingerprint density at radius 3 is 2.88 bits per heavy atom. The quantitative estimate of drug-likeness (QED) is 0.468. The van der Waals surface area contributed by atoms with E-state index < -0.39 is 0 Å². The number of anilines is 2. The molecule has 6 heterocycles. The van der Waals surface area contributed by atoms with Gasteiger partial charge in [-0.25, -0.2) is 19.7 Å². The molecular formula is C22H24N8O2S. The van der Waals surface area contributed by atoms with Crippen LogP contribution in [0.5, 0.6) is 0 Å². The van der Waals surface area contributed by atoms with Crippen LogP contribution in [0.15, 0.2) is 24.8 Å². The average molecular weight is 465 g/mol. The lowest BCUT2D eigenvalue weighted by Crippen LogP contribution is -2.53. The molecule has 6 rings (SSSR count). The summed E-state index contributed by atoms with van der Waals surface area (Å²) in [4.78, 5) is 32.6. The minimum absolute atomic E-state index is 0.0574. The maximum absolute atomic E-state index is 13.2. The number of thiophene rings is 1. The number of H-pyrrole nitrogens is 1. The third-order valence-corrected chi connectivity index (χ3v) is 7.28. The third kappa shape index (κ3) is 3.66. The molecule has 0 saturated carbocycles. The van der Waals surface area contributed by atoms with E-state index in [0.717, 1.165) is 39.2 Å². The first-order chi connectivity index (χ1) is 16.0. The number of hydrogen-bond acceptors (Lipinski definition) is 8. The van der Waals surface area contributed by atoms with Gasteiger partial charge in [-0.05, 0) is 31.9 Å². The second-order valence-electron chi connectivity index (χ2n) is 8.68. The Labute approximate surface area is 194 Å². The molecule has 4 aromatic heterocycles. The largest absolute Gasteiger partial charge is 0.372 e. The van der Waals surface area contributed by atoms with Crippen molar-refractivity contribution in [3.63, 3.8) is 0 Å². The Morgan fingerprint density at radius 2 is 2.03 bits per heavy atom. The molecule has 2 atom stereocenters. The van der Waals surface area contributed by atoms with Crippen molar-refractivity contribution in [2.45, 2.75) is 39.0 Å². The Kier molecular flexibility index (Phi) is 4.88. The number of ether oxygens (including phenoxy) is 1. The summed E-state index contributed by atoms with van der Waals surface area (Å²) in [7, 11) is 0. The van der Waals surface area contributed by atoms with Crippen LogP contribution < -0.4 is 5.32 Å². The van der Waals surface area contributed by atoms with Crippen molar-refractivity contribution in [2.75, 3.05) is 25.0 Å². The van der Waals surface area contributed by atoms with E-state index in [1.807, 2.05) is 29.7 Å². The van der Waals surface area contributed by atoms with Gasteiger partial charge in [0.25, 0.3) is 0 Å². The van der Waals surface area contributed by atoms with Gasteiger partial charge in [-0.1, -0.05) is 0 Å². The van der Waals surface area contributed by atoms with Crippen LogP contribution in [0.1, 0.15) is 24.3 Å². The summed E-state index contributed by atoms with van der Waals surface area (Å²) >= 11 is 1.64. The molecule has 10 nitrogen and oxygen atoms in total. The van der Waals surface area contributed by atoms with Gasteiger partial charge in [-0.15, -0.1) is 11.3 Å². The monoisotopic (exact) mass is 464 g/mol. The first-order valence-electron chi connectivity index (χ1n) is 11.1. The second-order valence-corrected chi connectivity index (χ2v) is 9.76. The number of urea groups is 1. The molecule has 2 N–H and O–H groups in total. The van der Waals surface area contributed by atoms with Crippen molar-refractivity contribution in [1.82, 2.24) is 34.9 Å². The van der Waals surface area contributed by atoms with Gasteiger partial charge in [-0.3, -0.25) is 5.10 Å². The summed E-state index contributed by atoms with van der Waals surface area (Å²) in [6, 6.07) is 2.08. The van der Waals surface area contributed by atoms with Crippen LogP contribution >= 0.6 is 11.3 Å². The number of hydrogen-bond donors (Lipinski definition) is 2. The highest BCUT2D eigenvalue weighted by atomic mass is 32.1. The first kappa shape index (κ1) is 20.3. The van der Waals surface area contributed by atoms with Crippen LogP contribution in [0.2, 0.25) is 0 Å². The maximum atomic E-state index is 13.2. The van der Waals surface area contributed by atoms with Crippen LogP contribution in [0.3, 0.4) is 0 Å². The van der Waals surface area contributed by atoms with E-state index in [2.05, 4.69) is 30.5 Å². The standard InChI is InChI=1S/C22H24N8O2S/c1-12-8-30(9-13(2)32-12)22(31)29-4-3-16-17(10-29)33-21-18(16)20(24-11-25-21)27-15-5-14-6-26-28-19(14)23-7-15/h5-7,11-13H,3-4,8-10H2,1-2H3,(H,23,26,28)(H,24,25,27)/t12-,13+. The van der Waals surface area contributed by atoms with E-state index >= 15 is 0 Å². The van der Waals surface area contributed by atoms with E-state index in [9.17, 15) is 4.79 Å². The lowest BCUT2D eigenvalue weighted by Gasteiger charge is -2.39. The molecular weight excluding hydrogens is 440 g/mol. The molecule has 170 valence electrons. The van der Waals surface area contributed by atoms with Crippen molar-refractivity contribution in [2.24, 2.45) is 0 Å². The van der Waals surface area contributed by atoms with Gasteiger partial charge >= 0.3 is 6.03 Å². The number of aromatic nitrogens is 5. The van der Waals surface area contributed by atoms with E-state index in [0.29, 0.717) is 26.2 Å². The smallest absolute Gasteiger partial charge is 0.320 e. The molecule has 2 aliphatic rings. The summed E-state index contributed by atoms with van der Waals surface area (Å²) in [5.74, 6) is 0.762. The van der Waals surface area contributed by atoms with Crippen LogP contribution in [-0.4, -0.2) is 72.8 Å². The third-order valence-electron chi connectivity index (χ3n) is 6.15. The molecule has 2 amide bonds. The van der Waals surface area contributed by atoms with Crippen LogP contribution in [0.4, 0.5) is 16.3 Å². The number of rotatable bonds is 2. The lowest BCUT2D eigenvalue weighted by molar-refractivity contribution is -0.0585. The summed E-state index contributed by atoms with van der Waals surface area (Å²) in [6.45, 7) is 6.57. The summed E-state index contributed by atoms with van der Waals surface area (Å²) in [5.41, 5.74) is 2.81. The van der Waals surface area contributed by atoms with E-state index in [1.165, 1.54) is 10.4 Å². The zero-order valence-corrected chi connectivity index (χ0v) is 19.2. The SMILES string of the molecule is C[C@@H]1CN(C(=O)N2CCc3c(sc4ncnc(Nc5cnc6[nH]ncc6c5)c34)C2)C[C@H](C)O1. The van der Waals surface area contributed by atoms with E-state index in [4.69, 9.17) is 4.74 Å². The molecule has 4 aromatic rings. The summed E-state index contributed by atoms with van der Waals surface area (Å²) < 4.78 is 5.79. The number of carbonyl (C=O) groups excluding carboxylic acids is 1. The van der Waals surface area contributed by atoms with Gasteiger partial charge in [-0.2, -0.15) is 5.10 Å². The van der Waals surface area contributed by atoms with Gasteiger partial charge in [0.05, 0.1) is 42.2 Å². The van der Waals surface area contributed by atoms with Gasteiger partial charge in [0.15, 0.2) is 5.65 Å². The normalized spacial score (nSPS) is 20.9. The zero-order chi connectivity index (χ0) is 22.5. The number of nitrogens with zero attached hydrogens (tertiary/aromatic N) is 6. The van der Waals surface area contributed by atoms with Crippen molar-refractivity contribution in [3.8, 4) is 0 Å². The molecule has 0 bridgehead atoms. The van der Waals surface area contributed by atoms with Crippen molar-refractivity contribution in [3.05, 3.63) is 35.2 Å². The van der Waals surface area contributed by atoms with Gasteiger partial charge in [0.2, 0.25) is 0 Å². The molecule has 0 aliphatic carbocycles. The highest BCUT2D eigenvalue weighted by Gasteiger charge is 2.32. The highest BCUT2D eigenvalue weighted by Crippen LogP contribution is 2.38. The number of nitrogens with one attached hydrogen (secondary N) is 2. The van der Waals surface area contributed by atoms with Crippen LogP contribution in [-0.2, 0) is 17.7 Å². The van der Waals surface area contributed by atoms with E-state index in [1.54, 1.807) is 30.1 Å². The number of aromatic amines is 1. The lowest BCUT2D eigenvalue weighted by atomic mass is 10.0. The maximum Gasteiger partial charge on any atom is 0.320 e. The number of morpholine rings is 1. The van der Waals surface area contributed by atoms with Crippen molar-refractivity contribution >= 4 is 50.1 Å². The molecule has 11 heteroatoms. The fourth-order valence-corrected chi connectivity index (χ4v) is 5.96. The fourth-order valence-electron chi connectivity index (χ4n) is 4.76. The predicted molar refractivity (Wildman–Crippen MR) is 126 cm³/mol. The Hall–Kier alpha value is -3.31. The van der Waals surface area contributed by atoms with Gasteiger partial charge < -0.3 is 19.9 Å². The Morgan fingerprint density at radius 1 is 1.18 bits per heavy atom. The second kappa shape index (κ2) is 7.92. The van der Waals surface area contributed by atoms with Gasteiger partial charge in [0, 0.05) is 29.9 Å². The molecule has 0 spiro atoms. The summed E-state index contributed by atoms with van der Waals surface area (Å²) in [6.07, 6.45) is 5.98. The first-order valence-corrected chi connectivity index (χ1v) is 11.9. The number of carbonyl (C=O) groups is 1. The number of pyridine rings is 1. The van der Waals surface area contributed by atoms with Gasteiger partial charge in [0.1, 0.15) is 17.0 Å². The predicted octanol–water partition coefficient (Wildman–Crippen LogP) is 3.29. The van der Waals surface area contributed by atoms with Crippen LogP contribution in [0, 0.1) is 0 Å². The number of amides is 2.